The van der Waals surface area contributed by atoms with E-state index < -0.39 is 23.5 Å². The second-order valence-corrected chi connectivity index (χ2v) is 9.02. The molecule has 9 heteroatoms. The summed E-state index contributed by atoms with van der Waals surface area (Å²) in [5.41, 5.74) is 1.33. The van der Waals surface area contributed by atoms with Crippen LogP contribution >= 0.6 is 11.3 Å². The quantitative estimate of drug-likeness (QED) is 0.213. The van der Waals surface area contributed by atoms with Crippen LogP contribution in [0.3, 0.4) is 0 Å². The lowest BCUT2D eigenvalue weighted by Crippen LogP contribution is -2.29. The van der Waals surface area contributed by atoms with E-state index in [1.54, 1.807) is 49.6 Å². The number of hydrogen-bond acceptors (Lipinski definition) is 7. The van der Waals surface area contributed by atoms with Gasteiger partial charge < -0.3 is 14.6 Å². The van der Waals surface area contributed by atoms with Gasteiger partial charge in [-0.15, -0.1) is 0 Å². The third kappa shape index (κ3) is 4.07. The van der Waals surface area contributed by atoms with Crippen LogP contribution in [-0.4, -0.2) is 35.5 Å². The number of ether oxygens (including phenoxy) is 2. The normalized spacial score (nSPS) is 17.1. The predicted octanol–water partition coefficient (Wildman–Crippen LogP) is 5.47. The van der Waals surface area contributed by atoms with Gasteiger partial charge in [-0.3, -0.25) is 14.5 Å². The highest BCUT2D eigenvalue weighted by Gasteiger charge is 2.48. The number of thiazole rings is 1. The first kappa shape index (κ1) is 23.5. The molecule has 1 fully saturated rings. The average Bonchev–Trinajstić information content (AvgIpc) is 3.42. The molecule has 1 aromatic heterocycles. The maximum absolute atomic E-state index is 13.7. The summed E-state index contributed by atoms with van der Waals surface area (Å²) in [4.78, 5) is 32.4. The van der Waals surface area contributed by atoms with E-state index >= 15 is 0 Å². The summed E-state index contributed by atoms with van der Waals surface area (Å²) in [6.07, 6.45) is 0. The first-order valence-electron chi connectivity index (χ1n) is 11.2. The predicted molar refractivity (Wildman–Crippen MR) is 135 cm³/mol. The van der Waals surface area contributed by atoms with E-state index in [0.29, 0.717) is 34.7 Å². The summed E-state index contributed by atoms with van der Waals surface area (Å²) in [6.45, 7) is 2.34. The van der Waals surface area contributed by atoms with Crippen LogP contribution in [0.15, 0.2) is 72.3 Å². The number of Topliss-reactive ketones (excluding diaryl/α,β-unsaturated/α-hetero) is 1. The molecule has 36 heavy (non-hydrogen) atoms. The second kappa shape index (κ2) is 9.43. The molecular formula is C27H21FN2O5S. The Morgan fingerprint density at radius 1 is 1.06 bits per heavy atom. The summed E-state index contributed by atoms with van der Waals surface area (Å²) in [5, 5.41) is 11.5. The Morgan fingerprint density at radius 3 is 2.42 bits per heavy atom. The lowest BCUT2D eigenvalue weighted by atomic mass is 9.95. The van der Waals surface area contributed by atoms with Crippen molar-refractivity contribution >= 4 is 44.1 Å². The number of methoxy groups -OCH3 is 1. The SMILES string of the molecule is CCOc1ccc(C(O)=C2C(=O)C(=O)N(c3nc4ccc(OC)cc4s3)C2c2ccc(F)cc2)cc1. The molecule has 4 aromatic rings. The highest BCUT2D eigenvalue weighted by atomic mass is 32.1. The van der Waals surface area contributed by atoms with Gasteiger partial charge in [0.2, 0.25) is 0 Å². The molecule has 1 saturated heterocycles. The van der Waals surface area contributed by atoms with Crippen molar-refractivity contribution in [1.82, 2.24) is 4.98 Å². The molecule has 0 aliphatic carbocycles. The molecular weight excluding hydrogens is 483 g/mol. The van der Waals surface area contributed by atoms with Crippen LogP contribution in [0.1, 0.15) is 24.1 Å². The number of aromatic nitrogens is 1. The van der Waals surface area contributed by atoms with Crippen molar-refractivity contribution in [2.24, 2.45) is 0 Å². The van der Waals surface area contributed by atoms with E-state index in [2.05, 4.69) is 4.98 Å². The molecule has 0 spiro atoms. The number of hydrogen-bond donors (Lipinski definition) is 1. The van der Waals surface area contributed by atoms with Crippen molar-refractivity contribution in [2.75, 3.05) is 18.6 Å². The highest BCUT2D eigenvalue weighted by molar-refractivity contribution is 7.22. The van der Waals surface area contributed by atoms with Crippen molar-refractivity contribution in [2.45, 2.75) is 13.0 Å². The van der Waals surface area contributed by atoms with Crippen molar-refractivity contribution < 1.29 is 28.6 Å². The fraction of sp³-hybridized carbons (Fsp3) is 0.148. The van der Waals surface area contributed by atoms with E-state index in [1.807, 2.05) is 6.92 Å². The van der Waals surface area contributed by atoms with Crippen LogP contribution in [0.4, 0.5) is 9.52 Å². The Morgan fingerprint density at radius 2 is 1.75 bits per heavy atom. The molecule has 1 unspecified atom stereocenters. The summed E-state index contributed by atoms with van der Waals surface area (Å²) >= 11 is 1.22. The van der Waals surface area contributed by atoms with E-state index in [0.717, 1.165) is 4.70 Å². The van der Waals surface area contributed by atoms with Gasteiger partial charge in [0.25, 0.3) is 5.78 Å². The molecule has 1 aliphatic rings. The zero-order valence-corrected chi connectivity index (χ0v) is 20.2. The zero-order valence-electron chi connectivity index (χ0n) is 19.4. The number of fused-ring (bicyclic) bond motifs is 1. The van der Waals surface area contributed by atoms with Crippen LogP contribution in [0.25, 0.3) is 16.0 Å². The van der Waals surface area contributed by atoms with Gasteiger partial charge in [0.05, 0.1) is 35.5 Å². The Labute approximate surface area is 210 Å². The number of anilines is 1. The van der Waals surface area contributed by atoms with Crippen LogP contribution in [0, 0.1) is 5.82 Å². The highest BCUT2D eigenvalue weighted by Crippen LogP contribution is 2.44. The Balaban J connectivity index is 1.67. The van der Waals surface area contributed by atoms with E-state index in [4.69, 9.17) is 9.47 Å². The Bertz CT molecular complexity index is 1500. The van der Waals surface area contributed by atoms with Crippen molar-refractivity contribution in [3.63, 3.8) is 0 Å². The third-order valence-corrected chi connectivity index (χ3v) is 6.88. The minimum atomic E-state index is -1.00. The maximum atomic E-state index is 13.7. The van der Waals surface area contributed by atoms with Gasteiger partial charge in [-0.1, -0.05) is 23.5 Å². The number of carbonyl (C=O) groups excluding carboxylic acids is 2. The fourth-order valence-corrected chi connectivity index (χ4v) is 5.16. The van der Waals surface area contributed by atoms with Gasteiger partial charge in [0, 0.05) is 5.56 Å². The summed E-state index contributed by atoms with van der Waals surface area (Å²) < 4.78 is 25.2. The maximum Gasteiger partial charge on any atom is 0.301 e. The number of aliphatic hydroxyl groups excluding tert-OH is 1. The molecule has 0 bridgehead atoms. The van der Waals surface area contributed by atoms with Gasteiger partial charge in [0.15, 0.2) is 5.13 Å². The molecule has 0 saturated carbocycles. The summed E-state index contributed by atoms with van der Waals surface area (Å²) in [5.74, 6) is -1.25. The van der Waals surface area contributed by atoms with Gasteiger partial charge in [-0.25, -0.2) is 9.37 Å². The van der Waals surface area contributed by atoms with E-state index in [-0.39, 0.29) is 16.5 Å². The molecule has 0 radical (unpaired) electrons. The molecule has 3 aromatic carbocycles. The third-order valence-electron chi connectivity index (χ3n) is 5.86. The van der Waals surface area contributed by atoms with Crippen molar-refractivity contribution in [1.29, 1.82) is 0 Å². The molecule has 1 aliphatic heterocycles. The standard InChI is InChI=1S/C27H21FN2O5S/c1-3-35-18-10-6-16(7-11-18)24(31)22-23(15-4-8-17(28)9-5-15)30(26(33)25(22)32)27-29-20-13-12-19(34-2)14-21(20)36-27/h4-14,23,31H,3H2,1-2H3. The average molecular weight is 505 g/mol. The number of aliphatic hydroxyl groups is 1. The number of nitrogens with zero attached hydrogens (tertiary/aromatic N) is 2. The molecule has 5 rings (SSSR count). The van der Waals surface area contributed by atoms with Crippen molar-refractivity contribution in [3.05, 3.63) is 89.2 Å². The van der Waals surface area contributed by atoms with E-state index in [9.17, 15) is 19.1 Å². The van der Waals surface area contributed by atoms with Crippen LogP contribution < -0.4 is 14.4 Å². The van der Waals surface area contributed by atoms with Gasteiger partial charge >= 0.3 is 5.91 Å². The van der Waals surface area contributed by atoms with Gasteiger partial charge in [-0.05, 0) is 67.1 Å². The topological polar surface area (TPSA) is 89.0 Å². The van der Waals surface area contributed by atoms with Crippen LogP contribution in [-0.2, 0) is 9.59 Å². The van der Waals surface area contributed by atoms with Crippen LogP contribution in [0.5, 0.6) is 11.5 Å². The Kier molecular flexibility index (Phi) is 6.15. The largest absolute Gasteiger partial charge is 0.507 e. The first-order chi connectivity index (χ1) is 17.4. The second-order valence-electron chi connectivity index (χ2n) is 8.01. The smallest absolute Gasteiger partial charge is 0.301 e. The number of carbonyl (C=O) groups is 2. The number of halogens is 1. The Hall–Kier alpha value is -4.24. The molecule has 7 nitrogen and oxygen atoms in total. The lowest BCUT2D eigenvalue weighted by Gasteiger charge is -2.23. The van der Waals surface area contributed by atoms with Crippen LogP contribution in [0.2, 0.25) is 0 Å². The van der Waals surface area contributed by atoms with Crippen molar-refractivity contribution in [3.8, 4) is 11.5 Å². The number of rotatable bonds is 6. The van der Waals surface area contributed by atoms with Gasteiger partial charge in [-0.2, -0.15) is 0 Å². The number of benzene rings is 3. The first-order valence-corrected chi connectivity index (χ1v) is 12.0. The molecule has 1 N–H and O–H groups in total. The molecule has 1 amide bonds. The molecule has 2 heterocycles. The fourth-order valence-electron chi connectivity index (χ4n) is 4.14. The monoisotopic (exact) mass is 504 g/mol. The number of ketones is 1. The number of amides is 1. The molecule has 1 atom stereocenters. The minimum absolute atomic E-state index is 0.104. The van der Waals surface area contributed by atoms with E-state index in [1.165, 1.54) is 40.5 Å². The molecule has 182 valence electrons. The minimum Gasteiger partial charge on any atom is -0.507 e. The lowest BCUT2D eigenvalue weighted by molar-refractivity contribution is -0.132. The van der Waals surface area contributed by atoms with Gasteiger partial charge in [0.1, 0.15) is 23.1 Å². The summed E-state index contributed by atoms with van der Waals surface area (Å²) in [7, 11) is 1.55. The summed E-state index contributed by atoms with van der Waals surface area (Å²) in [6, 6.07) is 16.3. The zero-order chi connectivity index (χ0) is 25.4.